The van der Waals surface area contributed by atoms with Crippen molar-refractivity contribution in [2.24, 2.45) is 11.8 Å². The number of hydrogen-bond acceptors (Lipinski definition) is 3. The molecule has 2 atom stereocenters. The van der Waals surface area contributed by atoms with Crippen molar-refractivity contribution in [3.63, 3.8) is 0 Å². The molecule has 5 nitrogen and oxygen atoms in total. The van der Waals surface area contributed by atoms with Crippen molar-refractivity contribution < 1.29 is 19.4 Å². The lowest BCUT2D eigenvalue weighted by Crippen LogP contribution is -2.48. The first-order valence-corrected chi connectivity index (χ1v) is 8.41. The Balaban J connectivity index is 3.15. The van der Waals surface area contributed by atoms with Gasteiger partial charge in [0.15, 0.2) is 0 Å². The van der Waals surface area contributed by atoms with E-state index in [0.29, 0.717) is 5.75 Å². The molecule has 0 aliphatic rings. The number of carbonyl (C=O) groups is 2. The number of amides is 1. The number of carboxylic acids is 1. The summed E-state index contributed by atoms with van der Waals surface area (Å²) in [5.74, 6) is -0.360. The van der Waals surface area contributed by atoms with Crippen molar-refractivity contribution in [2.75, 3.05) is 7.11 Å². The second-order valence-corrected chi connectivity index (χ2v) is 6.76. The number of methoxy groups -OCH3 is 1. The molecule has 0 bridgehead atoms. The summed E-state index contributed by atoms with van der Waals surface area (Å²) in [4.78, 5) is 24.1. The largest absolute Gasteiger partial charge is 0.497 e. The average Bonchev–Trinajstić information content (AvgIpc) is 2.51. The van der Waals surface area contributed by atoms with E-state index in [1.54, 1.807) is 32.2 Å². The molecule has 0 radical (unpaired) electrons. The Labute approximate surface area is 144 Å². The van der Waals surface area contributed by atoms with Gasteiger partial charge in [-0.2, -0.15) is 0 Å². The van der Waals surface area contributed by atoms with Crippen LogP contribution in [0.2, 0.25) is 0 Å². The minimum Gasteiger partial charge on any atom is -0.497 e. The molecule has 0 aliphatic heterocycles. The van der Waals surface area contributed by atoms with Crippen LogP contribution < -0.4 is 10.1 Å². The first kappa shape index (κ1) is 20.0. The predicted octanol–water partition coefficient (Wildman–Crippen LogP) is 3.57. The number of rotatable bonds is 9. The fraction of sp³-hybridized carbons (Fsp3) is 0.579. The molecule has 0 aromatic heterocycles. The summed E-state index contributed by atoms with van der Waals surface area (Å²) in [6.45, 7) is 7.82. The van der Waals surface area contributed by atoms with Gasteiger partial charge in [-0.15, -0.1) is 0 Å². The van der Waals surface area contributed by atoms with Crippen molar-refractivity contribution >= 4 is 11.9 Å². The van der Waals surface area contributed by atoms with E-state index in [2.05, 4.69) is 5.32 Å². The third-order valence-corrected chi connectivity index (χ3v) is 4.35. The molecule has 1 amide bonds. The monoisotopic (exact) mass is 335 g/mol. The lowest BCUT2D eigenvalue weighted by molar-refractivity contribution is -0.139. The minimum atomic E-state index is -0.988. The summed E-state index contributed by atoms with van der Waals surface area (Å²) in [6, 6.07) is 7.18. The fourth-order valence-corrected chi connectivity index (χ4v) is 2.93. The van der Waals surface area contributed by atoms with Gasteiger partial charge >= 0.3 is 5.97 Å². The normalized spacial score (nSPS) is 14.8. The molecular formula is C19H29NO4. The zero-order chi connectivity index (χ0) is 18.3. The summed E-state index contributed by atoms with van der Waals surface area (Å²) in [7, 11) is 1.56. The first-order valence-electron chi connectivity index (χ1n) is 8.41. The molecule has 1 aromatic rings. The number of nitrogens with one attached hydrogen (secondary N) is 1. The summed E-state index contributed by atoms with van der Waals surface area (Å²) in [6.07, 6.45) is 1.50. The Morgan fingerprint density at radius 2 is 2.00 bits per heavy atom. The summed E-state index contributed by atoms with van der Waals surface area (Å²) in [5.41, 5.74) is -0.269. The Bertz CT molecular complexity index is 570. The highest BCUT2D eigenvalue weighted by atomic mass is 16.5. The number of hydrogen-bond donors (Lipinski definition) is 2. The molecule has 134 valence electrons. The van der Waals surface area contributed by atoms with Crippen LogP contribution >= 0.6 is 0 Å². The van der Waals surface area contributed by atoms with E-state index >= 15 is 0 Å². The molecule has 0 heterocycles. The van der Waals surface area contributed by atoms with Crippen LogP contribution in [0.25, 0.3) is 0 Å². The Kier molecular flexibility index (Phi) is 7.26. The van der Waals surface area contributed by atoms with Gasteiger partial charge in [-0.1, -0.05) is 39.3 Å². The second-order valence-electron chi connectivity index (χ2n) is 6.76. The lowest BCUT2D eigenvalue weighted by atomic mass is 9.85. The average molecular weight is 335 g/mol. The van der Waals surface area contributed by atoms with Crippen LogP contribution in [0.5, 0.6) is 5.75 Å². The minimum absolute atomic E-state index is 0.0987. The SMILES string of the molecule is CCCC(C(=O)NC(C)(CC(=O)O)c1cccc(OC)c1)C(C)C. The molecule has 1 aromatic carbocycles. The standard InChI is InChI=1S/C19H29NO4/c1-6-8-16(13(2)3)18(23)20-19(4,12-17(21)22)14-9-7-10-15(11-14)24-5/h7,9-11,13,16H,6,8,12H2,1-5H3,(H,20,23)(H,21,22). The van der Waals surface area contributed by atoms with Crippen molar-refractivity contribution in [1.82, 2.24) is 5.32 Å². The highest BCUT2D eigenvalue weighted by Gasteiger charge is 2.34. The quantitative estimate of drug-likeness (QED) is 0.723. The number of benzene rings is 1. The van der Waals surface area contributed by atoms with Gasteiger partial charge in [0.2, 0.25) is 5.91 Å². The summed E-state index contributed by atoms with van der Waals surface area (Å²) in [5, 5.41) is 12.3. The maximum Gasteiger partial charge on any atom is 0.306 e. The molecule has 0 fully saturated rings. The lowest BCUT2D eigenvalue weighted by Gasteiger charge is -2.33. The summed E-state index contributed by atoms with van der Waals surface area (Å²) >= 11 is 0. The molecule has 1 rings (SSSR count). The third kappa shape index (κ3) is 5.25. The van der Waals surface area contributed by atoms with Crippen LogP contribution in [0.1, 0.15) is 52.5 Å². The van der Waals surface area contributed by atoms with Crippen molar-refractivity contribution in [3.8, 4) is 5.75 Å². The Morgan fingerprint density at radius 1 is 1.33 bits per heavy atom. The number of ether oxygens (including phenoxy) is 1. The molecule has 0 aliphatic carbocycles. The van der Waals surface area contributed by atoms with Crippen LogP contribution in [-0.4, -0.2) is 24.1 Å². The topological polar surface area (TPSA) is 75.6 Å². The fourth-order valence-electron chi connectivity index (χ4n) is 2.93. The van der Waals surface area contributed by atoms with Crippen LogP contribution in [0, 0.1) is 11.8 Å². The van der Waals surface area contributed by atoms with Gasteiger partial charge in [-0.25, -0.2) is 0 Å². The highest BCUT2D eigenvalue weighted by molar-refractivity contribution is 5.81. The van der Waals surface area contributed by atoms with Crippen LogP contribution in [0.4, 0.5) is 0 Å². The van der Waals surface area contributed by atoms with E-state index in [9.17, 15) is 14.7 Å². The zero-order valence-electron chi connectivity index (χ0n) is 15.3. The van der Waals surface area contributed by atoms with E-state index in [1.807, 2.05) is 26.8 Å². The van der Waals surface area contributed by atoms with Gasteiger partial charge in [0.05, 0.1) is 19.1 Å². The molecule has 0 spiro atoms. The second kappa shape index (κ2) is 8.71. The first-order chi connectivity index (χ1) is 11.2. The highest BCUT2D eigenvalue weighted by Crippen LogP contribution is 2.29. The van der Waals surface area contributed by atoms with Gasteiger partial charge in [-0.3, -0.25) is 9.59 Å². The van der Waals surface area contributed by atoms with Gasteiger partial charge in [0.1, 0.15) is 5.75 Å². The Morgan fingerprint density at radius 3 is 2.50 bits per heavy atom. The van der Waals surface area contributed by atoms with Gasteiger partial charge in [-0.05, 0) is 37.0 Å². The summed E-state index contributed by atoms with van der Waals surface area (Å²) < 4.78 is 5.22. The molecule has 2 unspecified atom stereocenters. The molecule has 0 saturated heterocycles. The van der Waals surface area contributed by atoms with Gasteiger partial charge in [0, 0.05) is 5.92 Å². The van der Waals surface area contributed by atoms with E-state index in [-0.39, 0.29) is 24.2 Å². The van der Waals surface area contributed by atoms with E-state index in [0.717, 1.165) is 18.4 Å². The van der Waals surface area contributed by atoms with Gasteiger partial charge in [0.25, 0.3) is 0 Å². The zero-order valence-corrected chi connectivity index (χ0v) is 15.3. The maximum atomic E-state index is 12.8. The molecule has 5 heteroatoms. The molecule has 24 heavy (non-hydrogen) atoms. The van der Waals surface area contributed by atoms with E-state index in [4.69, 9.17) is 4.74 Å². The van der Waals surface area contributed by atoms with Crippen molar-refractivity contribution in [3.05, 3.63) is 29.8 Å². The third-order valence-electron chi connectivity index (χ3n) is 4.35. The number of aliphatic carboxylic acids is 1. The van der Waals surface area contributed by atoms with Gasteiger partial charge < -0.3 is 15.2 Å². The van der Waals surface area contributed by atoms with Crippen LogP contribution in [0.3, 0.4) is 0 Å². The number of carboxylic acid groups (broad SMARTS) is 1. The van der Waals surface area contributed by atoms with Crippen LogP contribution in [-0.2, 0) is 15.1 Å². The smallest absolute Gasteiger partial charge is 0.306 e. The number of carbonyl (C=O) groups excluding carboxylic acids is 1. The maximum absolute atomic E-state index is 12.8. The molecule has 2 N–H and O–H groups in total. The van der Waals surface area contributed by atoms with E-state index < -0.39 is 11.5 Å². The molecule has 0 saturated carbocycles. The predicted molar refractivity (Wildman–Crippen MR) is 94.0 cm³/mol. The molecular weight excluding hydrogens is 306 g/mol. The van der Waals surface area contributed by atoms with E-state index in [1.165, 1.54) is 0 Å². The van der Waals surface area contributed by atoms with Crippen molar-refractivity contribution in [1.29, 1.82) is 0 Å². The van der Waals surface area contributed by atoms with Crippen molar-refractivity contribution in [2.45, 2.75) is 52.5 Å². The Hall–Kier alpha value is -2.04. The van der Waals surface area contributed by atoms with Crippen LogP contribution in [0.15, 0.2) is 24.3 Å².